The molecule has 3 rings (SSSR count). The van der Waals surface area contributed by atoms with Gasteiger partial charge in [-0.2, -0.15) is 0 Å². The van der Waals surface area contributed by atoms with Crippen molar-refractivity contribution in [2.45, 2.75) is 18.8 Å². The van der Waals surface area contributed by atoms with Gasteiger partial charge in [0.25, 0.3) is 0 Å². The molecule has 0 bridgehead atoms. The lowest BCUT2D eigenvalue weighted by atomic mass is 9.97. The summed E-state index contributed by atoms with van der Waals surface area (Å²) in [5.74, 6) is 1.59. The Morgan fingerprint density at radius 3 is 3.11 bits per heavy atom. The third kappa shape index (κ3) is 2.41. The van der Waals surface area contributed by atoms with E-state index in [0.717, 1.165) is 23.4 Å². The highest BCUT2D eigenvalue weighted by Crippen LogP contribution is 2.28. The van der Waals surface area contributed by atoms with Gasteiger partial charge in [-0.15, -0.1) is 0 Å². The van der Waals surface area contributed by atoms with Crippen molar-refractivity contribution in [3.05, 3.63) is 41.2 Å². The first-order chi connectivity index (χ1) is 8.83. The van der Waals surface area contributed by atoms with Crippen LogP contribution in [0.4, 0.5) is 5.69 Å². The van der Waals surface area contributed by atoms with E-state index < -0.39 is 0 Å². The lowest BCUT2D eigenvalue weighted by molar-refractivity contribution is 0.494. The minimum atomic E-state index is 0.493. The molecular formula is C13H15BrN4. The van der Waals surface area contributed by atoms with Crippen LogP contribution in [0.1, 0.15) is 24.6 Å². The Balaban J connectivity index is 1.78. The second-order valence-electron chi connectivity index (χ2n) is 4.62. The van der Waals surface area contributed by atoms with Crippen molar-refractivity contribution in [3.8, 4) is 0 Å². The molecule has 0 spiro atoms. The van der Waals surface area contributed by atoms with Crippen molar-refractivity contribution in [1.82, 2.24) is 15.0 Å². The van der Waals surface area contributed by atoms with Gasteiger partial charge in [0.15, 0.2) is 0 Å². The number of nitrogens with zero attached hydrogens (tertiary/aromatic N) is 3. The average Bonchev–Trinajstić information content (AvgIpc) is 2.93. The maximum absolute atomic E-state index is 4.38. The molecule has 0 saturated carbocycles. The molecule has 3 heterocycles. The maximum Gasteiger partial charge on any atom is 0.110 e. The summed E-state index contributed by atoms with van der Waals surface area (Å²) in [6.07, 6.45) is 9.86. The fraction of sp³-hybridized carbons (Fsp3) is 0.385. The molecule has 4 nitrogen and oxygen atoms in total. The molecule has 0 amide bonds. The molecular weight excluding hydrogens is 292 g/mol. The Morgan fingerprint density at radius 1 is 1.39 bits per heavy atom. The van der Waals surface area contributed by atoms with E-state index in [2.05, 4.69) is 41.8 Å². The number of hydrogen-bond donors (Lipinski definition) is 1. The van der Waals surface area contributed by atoms with Crippen molar-refractivity contribution in [3.63, 3.8) is 0 Å². The first-order valence-corrected chi connectivity index (χ1v) is 6.97. The number of halogens is 1. The number of anilines is 1. The number of piperidine rings is 1. The van der Waals surface area contributed by atoms with Crippen LogP contribution in [-0.4, -0.2) is 28.0 Å². The lowest BCUT2D eigenvalue weighted by Crippen LogP contribution is -2.34. The van der Waals surface area contributed by atoms with Crippen LogP contribution >= 0.6 is 15.9 Å². The molecule has 0 aliphatic carbocycles. The minimum Gasteiger partial charge on any atom is -0.370 e. The summed E-state index contributed by atoms with van der Waals surface area (Å²) in [5, 5.41) is 0. The summed E-state index contributed by atoms with van der Waals surface area (Å²) in [6, 6.07) is 2.12. The molecule has 18 heavy (non-hydrogen) atoms. The molecule has 2 aromatic heterocycles. The van der Waals surface area contributed by atoms with Gasteiger partial charge < -0.3 is 9.88 Å². The van der Waals surface area contributed by atoms with Gasteiger partial charge in [0.1, 0.15) is 5.82 Å². The van der Waals surface area contributed by atoms with E-state index in [0.29, 0.717) is 5.92 Å². The number of nitrogens with one attached hydrogen (secondary N) is 1. The van der Waals surface area contributed by atoms with Crippen LogP contribution in [0.15, 0.2) is 35.3 Å². The molecule has 0 aromatic carbocycles. The zero-order valence-electron chi connectivity index (χ0n) is 10.0. The smallest absolute Gasteiger partial charge is 0.110 e. The van der Waals surface area contributed by atoms with Gasteiger partial charge in [-0.1, -0.05) is 0 Å². The summed E-state index contributed by atoms with van der Waals surface area (Å²) < 4.78 is 1.03. The summed E-state index contributed by atoms with van der Waals surface area (Å²) >= 11 is 3.47. The highest BCUT2D eigenvalue weighted by molar-refractivity contribution is 9.10. The van der Waals surface area contributed by atoms with Gasteiger partial charge >= 0.3 is 0 Å². The van der Waals surface area contributed by atoms with Crippen molar-refractivity contribution >= 4 is 21.6 Å². The van der Waals surface area contributed by atoms with Crippen LogP contribution in [0.5, 0.6) is 0 Å². The molecule has 1 aliphatic heterocycles. The van der Waals surface area contributed by atoms with Crippen LogP contribution in [0.3, 0.4) is 0 Å². The van der Waals surface area contributed by atoms with Gasteiger partial charge in [0.05, 0.1) is 11.9 Å². The van der Waals surface area contributed by atoms with E-state index in [9.17, 15) is 0 Å². The Hall–Kier alpha value is -1.36. The standard InChI is InChI=1S/C13H15BrN4/c14-11-6-12(8-15-7-11)18-5-1-2-10(9-18)13-16-3-4-17-13/h3-4,6-8,10H,1-2,5,9H2,(H,16,17)/t10-/m1/s1. The SMILES string of the molecule is Brc1cncc(N2CCC[C@@H](c3ncc[nH]3)C2)c1. The zero-order valence-corrected chi connectivity index (χ0v) is 11.6. The van der Waals surface area contributed by atoms with Crippen molar-refractivity contribution in [2.75, 3.05) is 18.0 Å². The molecule has 1 fully saturated rings. The van der Waals surface area contributed by atoms with E-state index in [1.54, 1.807) is 0 Å². The first-order valence-electron chi connectivity index (χ1n) is 6.18. The molecule has 0 unspecified atom stereocenters. The predicted molar refractivity (Wildman–Crippen MR) is 74.7 cm³/mol. The van der Waals surface area contributed by atoms with Crippen LogP contribution in [0.2, 0.25) is 0 Å². The number of hydrogen-bond acceptors (Lipinski definition) is 3. The van der Waals surface area contributed by atoms with Crippen LogP contribution < -0.4 is 4.90 Å². The highest BCUT2D eigenvalue weighted by Gasteiger charge is 2.23. The zero-order chi connectivity index (χ0) is 12.4. The number of aromatic amines is 1. The summed E-state index contributed by atoms with van der Waals surface area (Å²) in [4.78, 5) is 14.2. The number of pyridine rings is 1. The highest BCUT2D eigenvalue weighted by atomic mass is 79.9. The van der Waals surface area contributed by atoms with E-state index in [4.69, 9.17) is 0 Å². The maximum atomic E-state index is 4.38. The molecule has 0 radical (unpaired) electrons. The Bertz CT molecular complexity index is 511. The minimum absolute atomic E-state index is 0.493. The Kier molecular flexibility index (Phi) is 3.32. The van der Waals surface area contributed by atoms with Gasteiger partial charge in [0, 0.05) is 42.1 Å². The summed E-state index contributed by atoms with van der Waals surface area (Å²) in [6.45, 7) is 2.10. The second kappa shape index (κ2) is 5.10. The van der Waals surface area contributed by atoms with Crippen LogP contribution in [-0.2, 0) is 0 Å². The van der Waals surface area contributed by atoms with Gasteiger partial charge in [-0.25, -0.2) is 4.98 Å². The molecule has 1 N–H and O–H groups in total. The van der Waals surface area contributed by atoms with Gasteiger partial charge in [-0.3, -0.25) is 4.98 Å². The molecule has 94 valence electrons. The number of rotatable bonds is 2. The average molecular weight is 307 g/mol. The number of aromatic nitrogens is 3. The number of imidazole rings is 1. The Morgan fingerprint density at radius 2 is 2.33 bits per heavy atom. The lowest BCUT2D eigenvalue weighted by Gasteiger charge is -2.33. The molecule has 5 heteroatoms. The summed E-state index contributed by atoms with van der Waals surface area (Å²) in [5.41, 5.74) is 1.18. The quantitative estimate of drug-likeness (QED) is 0.928. The van der Waals surface area contributed by atoms with Crippen LogP contribution in [0.25, 0.3) is 0 Å². The third-order valence-electron chi connectivity index (χ3n) is 3.38. The molecule has 1 saturated heterocycles. The van der Waals surface area contributed by atoms with E-state index in [1.165, 1.54) is 18.5 Å². The normalized spacial score (nSPS) is 20.1. The molecule has 1 aliphatic rings. The van der Waals surface area contributed by atoms with Gasteiger partial charge in [0.2, 0.25) is 0 Å². The predicted octanol–water partition coefficient (Wildman–Crippen LogP) is 2.95. The van der Waals surface area contributed by atoms with Gasteiger partial charge in [-0.05, 0) is 34.8 Å². The largest absolute Gasteiger partial charge is 0.370 e. The third-order valence-corrected chi connectivity index (χ3v) is 3.82. The topological polar surface area (TPSA) is 44.8 Å². The second-order valence-corrected chi connectivity index (χ2v) is 5.54. The molecule has 1 atom stereocenters. The van der Waals surface area contributed by atoms with Crippen LogP contribution in [0, 0.1) is 0 Å². The fourth-order valence-electron chi connectivity index (χ4n) is 2.51. The first kappa shape index (κ1) is 11.7. The fourth-order valence-corrected chi connectivity index (χ4v) is 2.86. The number of H-pyrrole nitrogens is 1. The summed E-state index contributed by atoms with van der Waals surface area (Å²) in [7, 11) is 0. The van der Waals surface area contributed by atoms with E-state index in [1.807, 2.05) is 24.8 Å². The van der Waals surface area contributed by atoms with Crippen molar-refractivity contribution < 1.29 is 0 Å². The van der Waals surface area contributed by atoms with Crippen molar-refractivity contribution in [1.29, 1.82) is 0 Å². The van der Waals surface area contributed by atoms with E-state index >= 15 is 0 Å². The monoisotopic (exact) mass is 306 g/mol. The van der Waals surface area contributed by atoms with E-state index in [-0.39, 0.29) is 0 Å². The molecule has 2 aromatic rings. The Labute approximate surface area is 115 Å². The van der Waals surface area contributed by atoms with Crippen molar-refractivity contribution in [2.24, 2.45) is 0 Å².